The molecule has 6 N–H and O–H groups in total. The van der Waals surface area contributed by atoms with E-state index >= 15 is 0 Å². The van der Waals surface area contributed by atoms with Crippen LogP contribution in [0.5, 0.6) is 0 Å². The second kappa shape index (κ2) is 51.9. The van der Waals surface area contributed by atoms with Crippen LogP contribution in [0.15, 0.2) is 24.3 Å². The van der Waals surface area contributed by atoms with Crippen molar-refractivity contribution in [3.8, 4) is 0 Å². The monoisotopic (exact) mass is 1050 g/mol. The van der Waals surface area contributed by atoms with Gasteiger partial charge in [0, 0.05) is 6.42 Å². The molecule has 0 bridgehead atoms. The van der Waals surface area contributed by atoms with E-state index in [4.69, 9.17) is 14.2 Å². The molecule has 1 fully saturated rings. The quantitative estimate of drug-likeness (QED) is 0.0195. The zero-order chi connectivity index (χ0) is 54.0. The molecule has 1 aliphatic heterocycles. The summed E-state index contributed by atoms with van der Waals surface area (Å²) in [4.78, 5) is 26.5. The highest BCUT2D eigenvalue weighted by molar-refractivity contribution is 5.80. The second-order valence-corrected chi connectivity index (χ2v) is 22.1. The molecule has 11 nitrogen and oxygen atoms in total. The fraction of sp³-hybridized carbons (Fsp3) is 0.905. The average Bonchev–Trinajstić information content (AvgIpc) is 3.40. The number of allylic oxidation sites excluding steroid dienone is 3. The van der Waals surface area contributed by atoms with Crippen molar-refractivity contribution in [2.24, 2.45) is 0 Å². The van der Waals surface area contributed by atoms with Crippen LogP contribution in [0.1, 0.15) is 303 Å². The van der Waals surface area contributed by atoms with Gasteiger partial charge in [-0.1, -0.05) is 270 Å². The molecule has 1 rings (SSSR count). The maximum absolute atomic E-state index is 13.4. The molecular weight excluding hydrogens is 931 g/mol. The van der Waals surface area contributed by atoms with Gasteiger partial charge >= 0.3 is 5.97 Å². The third-order valence-corrected chi connectivity index (χ3v) is 15.1. The summed E-state index contributed by atoms with van der Waals surface area (Å²) in [5, 5.41) is 57.0. The first-order valence-corrected chi connectivity index (χ1v) is 31.6. The van der Waals surface area contributed by atoms with Crippen molar-refractivity contribution >= 4 is 11.9 Å². The van der Waals surface area contributed by atoms with Crippen LogP contribution in [-0.4, -0.2) is 99.6 Å². The molecule has 0 aliphatic carbocycles. The zero-order valence-electron chi connectivity index (χ0n) is 48.2. The van der Waals surface area contributed by atoms with Crippen LogP contribution in [0.2, 0.25) is 0 Å². The summed E-state index contributed by atoms with van der Waals surface area (Å²) in [6.45, 7) is 5.81. The summed E-state index contributed by atoms with van der Waals surface area (Å²) in [5.41, 5.74) is 0. The number of carbonyl (C=O) groups excluding carboxylic acids is 2. The van der Waals surface area contributed by atoms with E-state index in [2.05, 4.69) is 38.2 Å². The number of amides is 1. The lowest BCUT2D eigenvalue weighted by Gasteiger charge is -2.41. The molecule has 1 aliphatic rings. The Morgan fingerprint density at radius 2 is 0.892 bits per heavy atom. The molecule has 0 radical (unpaired) electrons. The average molecular weight is 1050 g/mol. The van der Waals surface area contributed by atoms with E-state index in [1.54, 1.807) is 6.08 Å². The molecule has 436 valence electrons. The molecule has 0 aromatic rings. The summed E-state index contributed by atoms with van der Waals surface area (Å²) in [6, 6.07) is -1.02. The third kappa shape index (κ3) is 39.5. The molecule has 0 spiro atoms. The summed E-state index contributed by atoms with van der Waals surface area (Å²) >= 11 is 0. The maximum atomic E-state index is 13.4. The van der Waals surface area contributed by atoms with Crippen molar-refractivity contribution in [3.05, 3.63) is 24.3 Å². The molecule has 1 heterocycles. The lowest BCUT2D eigenvalue weighted by atomic mass is 9.99. The molecule has 0 aromatic heterocycles. The van der Waals surface area contributed by atoms with Crippen LogP contribution in [0, 0.1) is 0 Å². The van der Waals surface area contributed by atoms with Crippen LogP contribution in [0.4, 0.5) is 0 Å². The van der Waals surface area contributed by atoms with Crippen molar-refractivity contribution in [2.75, 3.05) is 13.2 Å². The molecule has 0 saturated carbocycles. The van der Waals surface area contributed by atoms with Crippen molar-refractivity contribution in [1.29, 1.82) is 0 Å². The van der Waals surface area contributed by atoms with Gasteiger partial charge in [0.2, 0.25) is 5.91 Å². The van der Waals surface area contributed by atoms with Crippen LogP contribution in [0.3, 0.4) is 0 Å². The smallest absolute Gasteiger partial charge is 0.306 e. The number of esters is 1. The van der Waals surface area contributed by atoms with E-state index in [0.29, 0.717) is 12.8 Å². The minimum absolute atomic E-state index is 0.129. The van der Waals surface area contributed by atoms with Crippen molar-refractivity contribution in [2.45, 2.75) is 352 Å². The van der Waals surface area contributed by atoms with E-state index in [9.17, 15) is 35.1 Å². The first-order chi connectivity index (χ1) is 36.2. The van der Waals surface area contributed by atoms with Gasteiger partial charge in [0.25, 0.3) is 0 Å². The van der Waals surface area contributed by atoms with Gasteiger partial charge in [0.15, 0.2) is 12.4 Å². The summed E-state index contributed by atoms with van der Waals surface area (Å²) in [7, 11) is 0. The molecule has 74 heavy (non-hydrogen) atoms. The first kappa shape index (κ1) is 70.2. The SMILES string of the molecule is CCCCCCCC/C=C/CCCCCCCCC(O)C(=O)NC(COC1OC(CO)C(O)C(O)C1OC(=O)CCCCCCCCCCCCCCCCCCC)C(O)/C=C/CCCCCCCCCCCC. The Labute approximate surface area is 454 Å². The number of aliphatic hydroxyl groups excluding tert-OH is 5. The normalized spacial score (nSPS) is 19.4. The Kier molecular flexibility index (Phi) is 49.2. The summed E-state index contributed by atoms with van der Waals surface area (Å²) < 4.78 is 17.6. The van der Waals surface area contributed by atoms with Gasteiger partial charge in [0.05, 0.1) is 25.4 Å². The predicted octanol–water partition coefficient (Wildman–Crippen LogP) is 14.9. The Morgan fingerprint density at radius 1 is 0.514 bits per heavy atom. The van der Waals surface area contributed by atoms with Gasteiger partial charge in [-0.25, -0.2) is 0 Å². The van der Waals surface area contributed by atoms with Gasteiger partial charge in [-0.05, 0) is 51.4 Å². The van der Waals surface area contributed by atoms with E-state index in [0.717, 1.165) is 70.6 Å². The summed E-state index contributed by atoms with van der Waals surface area (Å²) in [5.74, 6) is -1.19. The van der Waals surface area contributed by atoms with Gasteiger partial charge in [0.1, 0.15) is 24.4 Å². The van der Waals surface area contributed by atoms with Crippen LogP contribution < -0.4 is 5.32 Å². The standard InChI is InChI=1S/C63H119NO10/c1-4-7-10-13-16-19-22-25-27-29-31-33-36-39-42-45-48-51-58(68)74-61-60(70)59(69)57(52-65)73-63(61)72-53-54(55(66)49-46-43-40-37-34-24-21-18-15-12-9-6-3)64-62(71)56(67)50-47-44-41-38-35-32-30-28-26-23-20-17-14-11-8-5-2/h26,28,46,49,54-57,59-61,63,65-67,69-70H,4-25,27,29-45,47-48,50-53H2,1-3H3,(H,64,71)/b28-26+,49-46+. The largest absolute Gasteiger partial charge is 0.454 e. The fourth-order valence-corrected chi connectivity index (χ4v) is 10.1. The fourth-order valence-electron chi connectivity index (χ4n) is 10.1. The van der Waals surface area contributed by atoms with E-state index < -0.39 is 67.4 Å². The molecule has 1 amide bonds. The molecule has 11 heteroatoms. The Balaban J connectivity index is 2.67. The lowest BCUT2D eigenvalue weighted by molar-refractivity contribution is -0.305. The minimum Gasteiger partial charge on any atom is -0.454 e. The number of nitrogens with one attached hydrogen (secondary N) is 1. The highest BCUT2D eigenvalue weighted by Gasteiger charge is 2.47. The lowest BCUT2D eigenvalue weighted by Crippen LogP contribution is -2.61. The topological polar surface area (TPSA) is 175 Å². The van der Waals surface area contributed by atoms with Crippen LogP contribution >= 0.6 is 0 Å². The maximum Gasteiger partial charge on any atom is 0.306 e. The van der Waals surface area contributed by atoms with Crippen molar-refractivity contribution < 1.29 is 49.3 Å². The number of rotatable bonds is 54. The Hall–Kier alpha value is -1.86. The number of hydrogen-bond acceptors (Lipinski definition) is 10. The molecule has 1 saturated heterocycles. The van der Waals surface area contributed by atoms with Crippen LogP contribution in [0.25, 0.3) is 0 Å². The van der Waals surface area contributed by atoms with Gasteiger partial charge < -0.3 is 45.1 Å². The van der Waals surface area contributed by atoms with Crippen molar-refractivity contribution in [1.82, 2.24) is 5.32 Å². The molecule has 8 atom stereocenters. The number of hydrogen-bond donors (Lipinski definition) is 6. The number of aliphatic hydroxyl groups is 5. The Bertz CT molecular complexity index is 1300. The van der Waals surface area contributed by atoms with E-state index in [-0.39, 0.29) is 19.4 Å². The summed E-state index contributed by atoms with van der Waals surface area (Å²) in [6.07, 6.45) is 49.3. The Morgan fingerprint density at radius 3 is 1.31 bits per heavy atom. The molecular formula is C63H119NO10. The molecule has 0 aromatic carbocycles. The van der Waals surface area contributed by atoms with Crippen molar-refractivity contribution in [3.63, 3.8) is 0 Å². The zero-order valence-corrected chi connectivity index (χ0v) is 48.2. The number of unbranched alkanes of at least 4 members (excludes halogenated alkanes) is 38. The first-order valence-electron chi connectivity index (χ1n) is 31.6. The second-order valence-electron chi connectivity index (χ2n) is 22.1. The van der Waals surface area contributed by atoms with Gasteiger partial charge in [-0.15, -0.1) is 0 Å². The number of carbonyl (C=O) groups is 2. The van der Waals surface area contributed by atoms with Crippen LogP contribution in [-0.2, 0) is 23.8 Å². The highest BCUT2D eigenvalue weighted by atomic mass is 16.7. The third-order valence-electron chi connectivity index (χ3n) is 15.1. The highest BCUT2D eigenvalue weighted by Crippen LogP contribution is 2.26. The van der Waals surface area contributed by atoms with E-state index in [1.165, 1.54) is 186 Å². The number of ether oxygens (including phenoxy) is 3. The predicted molar refractivity (Wildman–Crippen MR) is 306 cm³/mol. The van der Waals surface area contributed by atoms with Gasteiger partial charge in [-0.3, -0.25) is 9.59 Å². The van der Waals surface area contributed by atoms with E-state index in [1.807, 2.05) is 6.08 Å². The molecule has 8 unspecified atom stereocenters. The minimum atomic E-state index is -1.61. The van der Waals surface area contributed by atoms with Gasteiger partial charge in [-0.2, -0.15) is 0 Å².